The van der Waals surface area contributed by atoms with Gasteiger partial charge in [-0.15, -0.1) is 11.8 Å². The number of halogens is 1. The summed E-state index contributed by atoms with van der Waals surface area (Å²) >= 11 is 4.07. The second kappa shape index (κ2) is 7.83. The van der Waals surface area contributed by atoms with Gasteiger partial charge in [0, 0.05) is 11.4 Å². The van der Waals surface area contributed by atoms with Gasteiger partial charge in [0.25, 0.3) is 0 Å². The first-order chi connectivity index (χ1) is 9.70. The highest BCUT2D eigenvalue weighted by atomic mass is 127. The second-order valence-electron chi connectivity index (χ2n) is 4.42. The minimum atomic E-state index is 0.794. The highest BCUT2D eigenvalue weighted by molar-refractivity contribution is 14.1. The summed E-state index contributed by atoms with van der Waals surface area (Å²) in [5.74, 6) is 2.64. The van der Waals surface area contributed by atoms with Crippen LogP contribution in [0.15, 0.2) is 35.2 Å². The van der Waals surface area contributed by atoms with E-state index in [1.165, 1.54) is 4.90 Å². The number of aryl methyl sites for hydroxylation is 1. The van der Waals surface area contributed by atoms with Crippen molar-refractivity contribution in [2.75, 3.05) is 11.9 Å². The van der Waals surface area contributed by atoms with Crippen LogP contribution < -0.4 is 5.32 Å². The van der Waals surface area contributed by atoms with E-state index in [0.29, 0.717) is 0 Å². The van der Waals surface area contributed by atoms with Crippen LogP contribution in [0, 0.1) is 10.5 Å². The maximum atomic E-state index is 4.64. The molecule has 0 saturated heterocycles. The van der Waals surface area contributed by atoms with Gasteiger partial charge in [-0.25, -0.2) is 9.97 Å². The van der Waals surface area contributed by atoms with Crippen molar-refractivity contribution in [3.63, 3.8) is 0 Å². The van der Waals surface area contributed by atoms with E-state index in [-0.39, 0.29) is 0 Å². The smallest absolute Gasteiger partial charge is 0.143 e. The Bertz CT molecular complexity index is 561. The molecule has 0 bridgehead atoms. The first-order valence-corrected chi connectivity index (χ1v) is 8.72. The quantitative estimate of drug-likeness (QED) is 0.573. The molecular weight excluding hydrogens is 381 g/mol. The number of benzene rings is 1. The Morgan fingerprint density at radius 3 is 2.65 bits per heavy atom. The fourth-order valence-corrected chi connectivity index (χ4v) is 2.91. The molecule has 2 rings (SSSR count). The van der Waals surface area contributed by atoms with E-state index in [2.05, 4.69) is 69.1 Å². The molecule has 1 heterocycles. The minimum absolute atomic E-state index is 0.794. The molecule has 0 aliphatic heterocycles. The van der Waals surface area contributed by atoms with Gasteiger partial charge in [0.05, 0.1) is 15.0 Å². The van der Waals surface area contributed by atoms with Gasteiger partial charge in [0.1, 0.15) is 11.6 Å². The zero-order chi connectivity index (χ0) is 14.4. The Labute approximate surface area is 138 Å². The molecule has 5 heteroatoms. The van der Waals surface area contributed by atoms with Crippen molar-refractivity contribution in [3.05, 3.63) is 45.4 Å². The van der Waals surface area contributed by atoms with Crippen LogP contribution in [0.5, 0.6) is 0 Å². The summed E-state index contributed by atoms with van der Waals surface area (Å²) in [6.45, 7) is 5.13. The van der Waals surface area contributed by atoms with Crippen LogP contribution in [0.4, 0.5) is 5.82 Å². The Morgan fingerprint density at radius 2 is 1.95 bits per heavy atom. The van der Waals surface area contributed by atoms with E-state index in [4.69, 9.17) is 0 Å². The van der Waals surface area contributed by atoms with Crippen LogP contribution in [0.2, 0.25) is 0 Å². The van der Waals surface area contributed by atoms with Crippen molar-refractivity contribution in [2.24, 2.45) is 0 Å². The molecule has 0 aliphatic rings. The predicted molar refractivity (Wildman–Crippen MR) is 94.3 cm³/mol. The van der Waals surface area contributed by atoms with Gasteiger partial charge in [-0.3, -0.25) is 0 Å². The minimum Gasteiger partial charge on any atom is -0.369 e. The average Bonchev–Trinajstić information content (AvgIpc) is 2.48. The second-order valence-corrected chi connectivity index (χ2v) is 6.54. The zero-order valence-corrected chi connectivity index (χ0v) is 14.7. The number of anilines is 1. The van der Waals surface area contributed by atoms with Gasteiger partial charge in [-0.1, -0.05) is 25.1 Å². The third-order valence-corrected chi connectivity index (χ3v) is 5.02. The molecule has 20 heavy (non-hydrogen) atoms. The van der Waals surface area contributed by atoms with Gasteiger partial charge in [0.2, 0.25) is 0 Å². The summed E-state index contributed by atoms with van der Waals surface area (Å²) in [7, 11) is 0. The summed E-state index contributed by atoms with van der Waals surface area (Å²) < 4.78 is 1.12. The highest BCUT2D eigenvalue weighted by Gasteiger charge is 2.09. The fraction of sp³-hybridized carbons (Fsp3) is 0.333. The molecule has 0 saturated carbocycles. The first-order valence-electron chi connectivity index (χ1n) is 6.65. The molecule has 0 amide bonds. The van der Waals surface area contributed by atoms with Gasteiger partial charge in [0.15, 0.2) is 0 Å². The van der Waals surface area contributed by atoms with Crippen LogP contribution in [0.3, 0.4) is 0 Å². The number of aromatic nitrogens is 2. The third kappa shape index (κ3) is 4.34. The SMILES string of the molecule is CCCNc1nc(CSc2ccccc2)nc(C)c1I. The molecule has 1 aromatic heterocycles. The largest absolute Gasteiger partial charge is 0.369 e. The number of rotatable bonds is 6. The van der Waals surface area contributed by atoms with Crippen molar-refractivity contribution in [1.82, 2.24) is 9.97 Å². The van der Waals surface area contributed by atoms with Crippen molar-refractivity contribution in [3.8, 4) is 0 Å². The van der Waals surface area contributed by atoms with Crippen molar-refractivity contribution in [1.29, 1.82) is 0 Å². The van der Waals surface area contributed by atoms with Gasteiger partial charge in [-0.2, -0.15) is 0 Å². The van der Waals surface area contributed by atoms with Gasteiger partial charge < -0.3 is 5.32 Å². The normalized spacial score (nSPS) is 10.6. The molecule has 3 nitrogen and oxygen atoms in total. The average molecular weight is 399 g/mol. The summed E-state index contributed by atoms with van der Waals surface area (Å²) in [4.78, 5) is 10.5. The molecular formula is C15H18IN3S. The first kappa shape index (κ1) is 15.6. The maximum Gasteiger partial charge on any atom is 0.143 e. The molecule has 1 N–H and O–H groups in total. The Hall–Kier alpha value is -0.820. The fourth-order valence-electron chi connectivity index (χ4n) is 1.71. The third-order valence-electron chi connectivity index (χ3n) is 2.72. The standard InChI is InChI=1S/C15H18IN3S/c1-3-9-17-15-14(16)11(2)18-13(19-15)10-20-12-7-5-4-6-8-12/h4-8H,3,9-10H2,1-2H3,(H,17,18,19). The van der Waals surface area contributed by atoms with Crippen LogP contribution in [-0.2, 0) is 5.75 Å². The van der Waals surface area contributed by atoms with Crippen molar-refractivity contribution >= 4 is 40.2 Å². The van der Waals surface area contributed by atoms with Crippen LogP contribution in [-0.4, -0.2) is 16.5 Å². The molecule has 0 spiro atoms. The van der Waals surface area contributed by atoms with Crippen LogP contribution in [0.25, 0.3) is 0 Å². The number of hydrogen-bond acceptors (Lipinski definition) is 4. The molecule has 1 aromatic carbocycles. The maximum absolute atomic E-state index is 4.64. The van der Waals surface area contributed by atoms with Crippen LogP contribution >= 0.6 is 34.4 Å². The summed E-state index contributed by atoms with van der Waals surface area (Å²) in [6.07, 6.45) is 1.09. The summed E-state index contributed by atoms with van der Waals surface area (Å²) in [5.41, 5.74) is 1.04. The van der Waals surface area contributed by atoms with E-state index in [9.17, 15) is 0 Å². The number of thioether (sulfide) groups is 1. The molecule has 0 radical (unpaired) electrons. The molecule has 0 unspecified atom stereocenters. The van der Waals surface area contributed by atoms with Gasteiger partial charge >= 0.3 is 0 Å². The lowest BCUT2D eigenvalue weighted by molar-refractivity contribution is 0.933. The molecule has 2 aromatic rings. The highest BCUT2D eigenvalue weighted by Crippen LogP contribution is 2.24. The molecule has 106 valence electrons. The summed E-state index contributed by atoms with van der Waals surface area (Å²) in [5, 5.41) is 3.37. The van der Waals surface area contributed by atoms with E-state index in [1.807, 2.05) is 13.0 Å². The lowest BCUT2D eigenvalue weighted by Gasteiger charge is -2.10. The number of nitrogens with one attached hydrogen (secondary N) is 1. The number of hydrogen-bond donors (Lipinski definition) is 1. The summed E-state index contributed by atoms with van der Waals surface area (Å²) in [6, 6.07) is 10.4. The Balaban J connectivity index is 2.09. The van der Waals surface area contributed by atoms with Crippen molar-refractivity contribution in [2.45, 2.75) is 30.9 Å². The van der Waals surface area contributed by atoms with Gasteiger partial charge in [-0.05, 0) is 48.1 Å². The van der Waals surface area contributed by atoms with Crippen molar-refractivity contribution < 1.29 is 0 Å². The molecule has 0 fully saturated rings. The molecule has 0 aliphatic carbocycles. The predicted octanol–water partition coefficient (Wildman–Crippen LogP) is 4.50. The Morgan fingerprint density at radius 1 is 1.20 bits per heavy atom. The lowest BCUT2D eigenvalue weighted by Crippen LogP contribution is -2.08. The topological polar surface area (TPSA) is 37.8 Å². The zero-order valence-electron chi connectivity index (χ0n) is 11.7. The van der Waals surface area contributed by atoms with E-state index in [1.54, 1.807) is 11.8 Å². The molecule has 0 atom stereocenters. The van der Waals surface area contributed by atoms with Crippen LogP contribution in [0.1, 0.15) is 24.9 Å². The van der Waals surface area contributed by atoms with E-state index in [0.717, 1.165) is 39.6 Å². The number of nitrogens with zero attached hydrogens (tertiary/aromatic N) is 2. The van der Waals surface area contributed by atoms with E-state index >= 15 is 0 Å². The van der Waals surface area contributed by atoms with E-state index < -0.39 is 0 Å². The monoisotopic (exact) mass is 399 g/mol. The lowest BCUT2D eigenvalue weighted by atomic mass is 10.4. The Kier molecular flexibility index (Phi) is 6.09.